The molecule has 1 aromatic rings. The minimum absolute atomic E-state index is 0.569. The highest BCUT2D eigenvalue weighted by Gasteiger charge is 2.05. The van der Waals surface area contributed by atoms with E-state index in [2.05, 4.69) is 36.4 Å². The van der Waals surface area contributed by atoms with Crippen molar-refractivity contribution in [1.29, 1.82) is 0 Å². The Bertz CT molecular complexity index is 269. The fourth-order valence-corrected chi connectivity index (χ4v) is 1.69. The molecule has 0 aliphatic heterocycles. The second-order valence-corrected chi connectivity index (χ2v) is 3.95. The molecule has 0 saturated heterocycles. The summed E-state index contributed by atoms with van der Waals surface area (Å²) in [5, 5.41) is 11.4. The van der Waals surface area contributed by atoms with Crippen molar-refractivity contribution < 1.29 is 0 Å². The lowest BCUT2D eigenvalue weighted by atomic mass is 10.1. The molecule has 4 nitrogen and oxygen atoms in total. The van der Waals surface area contributed by atoms with E-state index in [1.54, 1.807) is 0 Å². The van der Waals surface area contributed by atoms with Crippen molar-refractivity contribution in [1.82, 2.24) is 20.3 Å². The van der Waals surface area contributed by atoms with E-state index in [1.165, 1.54) is 5.69 Å². The topological polar surface area (TPSA) is 42.7 Å². The molecule has 86 valence electrons. The first-order chi connectivity index (χ1) is 7.27. The van der Waals surface area contributed by atoms with Gasteiger partial charge in [-0.25, -0.2) is 4.68 Å². The Hall–Kier alpha value is -0.900. The molecule has 0 saturated carbocycles. The molecule has 0 aliphatic carbocycles. The number of nitrogens with zero attached hydrogens (tertiary/aromatic N) is 3. The maximum Gasteiger partial charge on any atom is 0.0725 e. The predicted molar refractivity (Wildman–Crippen MR) is 61.8 cm³/mol. The first-order valence-corrected chi connectivity index (χ1v) is 5.88. The van der Waals surface area contributed by atoms with E-state index in [4.69, 9.17) is 0 Å². The van der Waals surface area contributed by atoms with Crippen LogP contribution in [-0.2, 0) is 13.0 Å². The molecule has 0 radical (unpaired) electrons. The average Bonchev–Trinajstić information content (AvgIpc) is 2.64. The van der Waals surface area contributed by atoms with E-state index in [-0.39, 0.29) is 0 Å². The van der Waals surface area contributed by atoms with Gasteiger partial charge in [-0.2, -0.15) is 0 Å². The highest BCUT2D eigenvalue weighted by Crippen LogP contribution is 2.04. The number of hydrogen-bond donors (Lipinski definition) is 1. The molecule has 1 atom stereocenters. The van der Waals surface area contributed by atoms with Crippen LogP contribution in [0.5, 0.6) is 0 Å². The number of aromatic nitrogens is 3. The molecule has 0 fully saturated rings. The van der Waals surface area contributed by atoms with Crippen LogP contribution in [0.3, 0.4) is 0 Å². The molecule has 4 heteroatoms. The molecular weight excluding hydrogens is 188 g/mol. The van der Waals surface area contributed by atoms with Gasteiger partial charge < -0.3 is 5.32 Å². The summed E-state index contributed by atoms with van der Waals surface area (Å²) in [7, 11) is 0. The van der Waals surface area contributed by atoms with Crippen LogP contribution in [0.1, 0.15) is 39.3 Å². The minimum Gasteiger partial charge on any atom is -0.315 e. The quantitative estimate of drug-likeness (QED) is 0.743. The monoisotopic (exact) mass is 210 g/mol. The maximum atomic E-state index is 4.08. The average molecular weight is 210 g/mol. The van der Waals surface area contributed by atoms with Gasteiger partial charge in [-0.05, 0) is 32.7 Å². The Balaban J connectivity index is 2.39. The van der Waals surface area contributed by atoms with Crippen LogP contribution in [0.15, 0.2) is 6.20 Å². The third-order valence-electron chi connectivity index (χ3n) is 2.52. The van der Waals surface area contributed by atoms with Gasteiger partial charge in [-0.1, -0.05) is 19.1 Å². The third kappa shape index (κ3) is 4.00. The summed E-state index contributed by atoms with van der Waals surface area (Å²) in [4.78, 5) is 0. The zero-order valence-electron chi connectivity index (χ0n) is 10.0. The second kappa shape index (κ2) is 6.56. The molecule has 1 rings (SSSR count). The van der Waals surface area contributed by atoms with Gasteiger partial charge in [0.15, 0.2) is 0 Å². The van der Waals surface area contributed by atoms with Gasteiger partial charge in [0.05, 0.1) is 11.9 Å². The molecule has 0 aromatic carbocycles. The van der Waals surface area contributed by atoms with Gasteiger partial charge in [-0.3, -0.25) is 0 Å². The van der Waals surface area contributed by atoms with Crippen LogP contribution in [0.2, 0.25) is 0 Å². The van der Waals surface area contributed by atoms with Crippen molar-refractivity contribution in [2.24, 2.45) is 0 Å². The minimum atomic E-state index is 0.569. The van der Waals surface area contributed by atoms with Gasteiger partial charge in [-0.15, -0.1) is 5.10 Å². The first kappa shape index (κ1) is 12.2. The molecule has 1 N–H and O–H groups in total. The Morgan fingerprint density at radius 1 is 1.47 bits per heavy atom. The maximum absolute atomic E-state index is 4.08. The zero-order chi connectivity index (χ0) is 11.1. The number of aryl methyl sites for hydroxylation is 2. The van der Waals surface area contributed by atoms with Crippen LogP contribution in [-0.4, -0.2) is 27.6 Å². The number of rotatable bonds is 7. The van der Waals surface area contributed by atoms with Crippen LogP contribution >= 0.6 is 0 Å². The smallest absolute Gasteiger partial charge is 0.0725 e. The largest absolute Gasteiger partial charge is 0.315 e. The third-order valence-corrected chi connectivity index (χ3v) is 2.52. The van der Waals surface area contributed by atoms with Crippen molar-refractivity contribution in [3.8, 4) is 0 Å². The summed E-state index contributed by atoms with van der Waals surface area (Å²) < 4.78 is 2.01. The van der Waals surface area contributed by atoms with Crippen molar-refractivity contribution in [2.45, 2.75) is 52.6 Å². The van der Waals surface area contributed by atoms with Crippen LogP contribution < -0.4 is 5.32 Å². The van der Waals surface area contributed by atoms with Crippen molar-refractivity contribution in [2.75, 3.05) is 6.54 Å². The van der Waals surface area contributed by atoms with E-state index >= 15 is 0 Å². The Morgan fingerprint density at radius 3 is 2.93 bits per heavy atom. The van der Waals surface area contributed by atoms with Crippen LogP contribution in [0.4, 0.5) is 0 Å². The van der Waals surface area contributed by atoms with Gasteiger partial charge in [0.25, 0.3) is 0 Å². The highest BCUT2D eigenvalue weighted by atomic mass is 15.4. The van der Waals surface area contributed by atoms with Gasteiger partial charge in [0, 0.05) is 12.6 Å². The Kier molecular flexibility index (Phi) is 5.32. The molecule has 0 spiro atoms. The fourth-order valence-electron chi connectivity index (χ4n) is 1.69. The SMILES string of the molecule is CCCn1nncc1CCC(C)NCC. The summed E-state index contributed by atoms with van der Waals surface area (Å²) in [6.45, 7) is 8.53. The number of nitrogens with one attached hydrogen (secondary N) is 1. The standard InChI is InChI=1S/C11H22N4/c1-4-8-15-11(9-13-14-15)7-6-10(3)12-5-2/h9-10,12H,4-8H2,1-3H3. The molecule has 0 aliphatic rings. The van der Waals surface area contributed by atoms with E-state index < -0.39 is 0 Å². The molecule has 1 aromatic heterocycles. The summed E-state index contributed by atoms with van der Waals surface area (Å²) in [5.41, 5.74) is 1.25. The normalized spacial score (nSPS) is 13.0. The van der Waals surface area contributed by atoms with E-state index in [9.17, 15) is 0 Å². The van der Waals surface area contributed by atoms with Gasteiger partial charge in [0.2, 0.25) is 0 Å². The Morgan fingerprint density at radius 2 is 2.27 bits per heavy atom. The first-order valence-electron chi connectivity index (χ1n) is 5.88. The highest BCUT2D eigenvalue weighted by molar-refractivity contribution is 4.94. The van der Waals surface area contributed by atoms with Gasteiger partial charge in [0.1, 0.15) is 0 Å². The summed E-state index contributed by atoms with van der Waals surface area (Å²) in [6, 6.07) is 0.569. The molecule has 15 heavy (non-hydrogen) atoms. The van der Waals surface area contributed by atoms with Gasteiger partial charge >= 0.3 is 0 Å². The molecule has 0 amide bonds. The van der Waals surface area contributed by atoms with Crippen LogP contribution in [0, 0.1) is 0 Å². The second-order valence-electron chi connectivity index (χ2n) is 3.95. The van der Waals surface area contributed by atoms with E-state index in [0.717, 1.165) is 32.4 Å². The van der Waals surface area contributed by atoms with Crippen molar-refractivity contribution >= 4 is 0 Å². The lowest BCUT2D eigenvalue weighted by Gasteiger charge is -2.11. The summed E-state index contributed by atoms with van der Waals surface area (Å²) in [6.07, 6.45) is 5.19. The van der Waals surface area contributed by atoms with E-state index in [1.807, 2.05) is 10.9 Å². The van der Waals surface area contributed by atoms with Crippen molar-refractivity contribution in [3.63, 3.8) is 0 Å². The Labute approximate surface area is 92.1 Å². The summed E-state index contributed by atoms with van der Waals surface area (Å²) in [5.74, 6) is 0. The lowest BCUT2D eigenvalue weighted by Crippen LogP contribution is -2.26. The summed E-state index contributed by atoms with van der Waals surface area (Å²) >= 11 is 0. The number of hydrogen-bond acceptors (Lipinski definition) is 3. The fraction of sp³-hybridized carbons (Fsp3) is 0.818. The predicted octanol–water partition coefficient (Wildman–Crippen LogP) is 1.62. The lowest BCUT2D eigenvalue weighted by molar-refractivity contribution is 0.503. The molecular formula is C11H22N4. The van der Waals surface area contributed by atoms with Crippen LogP contribution in [0.25, 0.3) is 0 Å². The molecule has 1 unspecified atom stereocenters. The van der Waals surface area contributed by atoms with Crippen molar-refractivity contribution in [3.05, 3.63) is 11.9 Å². The van der Waals surface area contributed by atoms with E-state index in [0.29, 0.717) is 6.04 Å². The molecule has 1 heterocycles. The molecule has 0 bridgehead atoms. The zero-order valence-corrected chi connectivity index (χ0v) is 10.0.